The molecule has 2 nitrogen and oxygen atoms in total. The van der Waals surface area contributed by atoms with Crippen molar-refractivity contribution in [2.75, 3.05) is 13.1 Å². The van der Waals surface area contributed by atoms with Gasteiger partial charge < -0.3 is 22.5 Å². The van der Waals surface area contributed by atoms with Gasteiger partial charge in [0.05, 0.1) is 0 Å². The molecule has 2 unspecified atom stereocenters. The minimum Gasteiger partial charge on any atom is -1.00 e. The van der Waals surface area contributed by atoms with Gasteiger partial charge in [-0.2, -0.15) is 0 Å². The average molecular weight is 228 g/mol. The van der Waals surface area contributed by atoms with Crippen molar-refractivity contribution in [3.63, 3.8) is 0 Å². The second-order valence-corrected chi connectivity index (χ2v) is 4.25. The second-order valence-electron chi connectivity index (χ2n) is 4.25. The molecule has 1 aromatic carbocycles. The molecule has 84 valence electrons. The third kappa shape index (κ3) is 2.71. The maximum absolute atomic E-state index is 6.03. The third-order valence-electron chi connectivity index (χ3n) is 2.88. The quantitative estimate of drug-likeness (QED) is 0.584. The smallest absolute Gasteiger partial charge is 0.139 e. The largest absolute Gasteiger partial charge is 1.00 e. The molecule has 3 heteroatoms. The molecule has 15 heavy (non-hydrogen) atoms. The van der Waals surface area contributed by atoms with E-state index in [0.717, 1.165) is 13.1 Å². The normalized spacial score (nSPS) is 30.7. The van der Waals surface area contributed by atoms with Crippen molar-refractivity contribution in [1.82, 2.24) is 0 Å². The maximum Gasteiger partial charge on any atom is 0.139 e. The van der Waals surface area contributed by atoms with Crippen molar-refractivity contribution < 1.29 is 22.5 Å². The zero-order valence-electron chi connectivity index (χ0n) is 9.24. The van der Waals surface area contributed by atoms with Crippen LogP contribution in [-0.2, 0) is 10.3 Å². The molecule has 1 saturated heterocycles. The van der Waals surface area contributed by atoms with Gasteiger partial charge in [0, 0.05) is 0 Å². The highest BCUT2D eigenvalue weighted by Crippen LogP contribution is 2.26. The van der Waals surface area contributed by atoms with Crippen LogP contribution in [0.25, 0.3) is 0 Å². The van der Waals surface area contributed by atoms with Crippen LogP contribution in [0.1, 0.15) is 19.4 Å². The van der Waals surface area contributed by atoms with Crippen LogP contribution < -0.4 is 17.7 Å². The first-order valence-corrected chi connectivity index (χ1v) is 5.26. The summed E-state index contributed by atoms with van der Waals surface area (Å²) in [6.07, 6.45) is 0.342. The number of ether oxygens (including phenoxy) is 1. The molecule has 1 aromatic rings. The first kappa shape index (κ1) is 12.5. The molecule has 2 N–H and O–H groups in total. The van der Waals surface area contributed by atoms with Crippen LogP contribution in [0, 0.1) is 0 Å². The van der Waals surface area contributed by atoms with Gasteiger partial charge in [-0.05, 0) is 19.4 Å². The van der Waals surface area contributed by atoms with Crippen molar-refractivity contribution in [3.05, 3.63) is 35.9 Å². The number of hydrogen-bond acceptors (Lipinski definition) is 1. The standard InChI is InChI=1S/C12H17NO.ClH/c1-10-8-13-9-12(2,14-10)11-6-4-3-5-7-11;/h3-7,10,13H,8-9H2,1-2H3;1H. The van der Waals surface area contributed by atoms with E-state index >= 15 is 0 Å². The summed E-state index contributed by atoms with van der Waals surface area (Å²) in [5.74, 6) is 0. The van der Waals surface area contributed by atoms with Crippen molar-refractivity contribution in [2.45, 2.75) is 25.6 Å². The Kier molecular flexibility index (Phi) is 4.14. The topological polar surface area (TPSA) is 25.8 Å². The van der Waals surface area contributed by atoms with Gasteiger partial charge in [0.25, 0.3) is 0 Å². The highest BCUT2D eigenvalue weighted by Gasteiger charge is 2.35. The van der Waals surface area contributed by atoms with Gasteiger partial charge in [-0.3, -0.25) is 0 Å². The summed E-state index contributed by atoms with van der Waals surface area (Å²) in [5.41, 5.74) is 1.17. The highest BCUT2D eigenvalue weighted by atomic mass is 35.5. The number of quaternary nitrogens is 1. The Balaban J connectivity index is 0.00000112. The number of rotatable bonds is 1. The summed E-state index contributed by atoms with van der Waals surface area (Å²) < 4.78 is 6.03. The zero-order chi connectivity index (χ0) is 10.0. The Labute approximate surface area is 97.4 Å². The van der Waals surface area contributed by atoms with Gasteiger partial charge in [0.2, 0.25) is 0 Å². The summed E-state index contributed by atoms with van der Waals surface area (Å²) in [7, 11) is 0. The van der Waals surface area contributed by atoms with E-state index in [1.807, 2.05) is 6.07 Å². The van der Waals surface area contributed by atoms with Crippen LogP contribution in [0.15, 0.2) is 30.3 Å². The minimum absolute atomic E-state index is 0. The Morgan fingerprint density at radius 3 is 2.60 bits per heavy atom. The summed E-state index contributed by atoms with van der Waals surface area (Å²) in [6, 6.07) is 10.5. The molecule has 1 heterocycles. The lowest BCUT2D eigenvalue weighted by molar-refractivity contribution is -0.694. The van der Waals surface area contributed by atoms with Gasteiger partial charge >= 0.3 is 0 Å². The molecule has 0 spiro atoms. The highest BCUT2D eigenvalue weighted by molar-refractivity contribution is 5.22. The predicted octanol–water partition coefficient (Wildman–Crippen LogP) is -2.11. The SMILES string of the molecule is CC1C[NH2+]CC(C)(c2ccccc2)O1.[Cl-]. The number of nitrogens with two attached hydrogens (primary N) is 1. The molecular weight excluding hydrogens is 210 g/mol. The van der Waals surface area contributed by atoms with Crippen molar-refractivity contribution in [1.29, 1.82) is 0 Å². The Bertz CT molecular complexity index is 304. The van der Waals surface area contributed by atoms with Crippen LogP contribution >= 0.6 is 0 Å². The van der Waals surface area contributed by atoms with Gasteiger partial charge in [0.1, 0.15) is 24.8 Å². The van der Waals surface area contributed by atoms with Crippen LogP contribution in [-0.4, -0.2) is 19.2 Å². The molecule has 0 bridgehead atoms. The van der Waals surface area contributed by atoms with Gasteiger partial charge in [-0.1, -0.05) is 30.3 Å². The van der Waals surface area contributed by atoms with Crippen molar-refractivity contribution >= 4 is 0 Å². The number of benzene rings is 1. The first-order chi connectivity index (χ1) is 6.71. The van der Waals surface area contributed by atoms with Crippen LogP contribution in [0.3, 0.4) is 0 Å². The Morgan fingerprint density at radius 1 is 1.33 bits per heavy atom. The monoisotopic (exact) mass is 227 g/mol. The fourth-order valence-corrected chi connectivity index (χ4v) is 2.11. The molecular formula is C12H18ClNO. The van der Waals surface area contributed by atoms with Crippen LogP contribution in [0.5, 0.6) is 0 Å². The molecule has 1 fully saturated rings. The fraction of sp³-hybridized carbons (Fsp3) is 0.500. The maximum atomic E-state index is 6.03. The molecule has 1 aliphatic heterocycles. The molecule has 0 amide bonds. The van der Waals surface area contributed by atoms with E-state index in [-0.39, 0.29) is 18.0 Å². The summed E-state index contributed by atoms with van der Waals surface area (Å²) >= 11 is 0. The first-order valence-electron chi connectivity index (χ1n) is 5.26. The zero-order valence-corrected chi connectivity index (χ0v) is 10.00. The second kappa shape index (κ2) is 4.97. The molecule has 2 atom stereocenters. The molecule has 0 saturated carbocycles. The fourth-order valence-electron chi connectivity index (χ4n) is 2.11. The summed E-state index contributed by atoms with van der Waals surface area (Å²) in [6.45, 7) is 6.40. The van der Waals surface area contributed by atoms with Gasteiger partial charge in [-0.25, -0.2) is 0 Å². The van der Waals surface area contributed by atoms with Crippen molar-refractivity contribution in [3.8, 4) is 0 Å². The van der Waals surface area contributed by atoms with Crippen LogP contribution in [0.4, 0.5) is 0 Å². The summed E-state index contributed by atoms with van der Waals surface area (Å²) in [4.78, 5) is 0. The van der Waals surface area contributed by atoms with E-state index in [1.54, 1.807) is 0 Å². The van der Waals surface area contributed by atoms with Crippen molar-refractivity contribution in [2.24, 2.45) is 0 Å². The van der Waals surface area contributed by atoms with E-state index in [1.165, 1.54) is 5.56 Å². The average Bonchev–Trinajstić information content (AvgIpc) is 2.19. The van der Waals surface area contributed by atoms with Crippen LogP contribution in [0.2, 0.25) is 0 Å². The van der Waals surface area contributed by atoms with E-state index in [0.29, 0.717) is 6.10 Å². The Hall–Kier alpha value is -0.570. The minimum atomic E-state index is -0.112. The Morgan fingerprint density at radius 2 is 2.00 bits per heavy atom. The molecule has 0 aliphatic carbocycles. The third-order valence-corrected chi connectivity index (χ3v) is 2.88. The number of hydrogen-bond donors (Lipinski definition) is 1. The molecule has 2 rings (SSSR count). The number of morpholine rings is 1. The predicted molar refractivity (Wildman–Crippen MR) is 56.0 cm³/mol. The lowest BCUT2D eigenvalue weighted by Crippen LogP contribution is -3.00. The summed E-state index contributed by atoms with van der Waals surface area (Å²) in [5, 5.41) is 2.33. The van der Waals surface area contributed by atoms with E-state index < -0.39 is 0 Å². The van der Waals surface area contributed by atoms with E-state index in [2.05, 4.69) is 43.4 Å². The van der Waals surface area contributed by atoms with Gasteiger partial charge in [-0.15, -0.1) is 0 Å². The molecule has 1 aliphatic rings. The molecule has 0 radical (unpaired) electrons. The van der Waals surface area contributed by atoms with E-state index in [4.69, 9.17) is 4.74 Å². The lowest BCUT2D eigenvalue weighted by Gasteiger charge is -2.35. The van der Waals surface area contributed by atoms with E-state index in [9.17, 15) is 0 Å². The van der Waals surface area contributed by atoms with Gasteiger partial charge in [0.15, 0.2) is 0 Å². The number of halogens is 1. The lowest BCUT2D eigenvalue weighted by atomic mass is 9.94. The molecule has 0 aromatic heterocycles.